The number of rotatable bonds is 2. The molecule has 0 aliphatic rings. The van der Waals surface area contributed by atoms with E-state index in [-0.39, 0.29) is 0 Å². The third-order valence-corrected chi connectivity index (χ3v) is 1.67. The molecular formula is C7H11N3O2. The van der Waals surface area contributed by atoms with E-state index in [0.29, 0.717) is 5.82 Å². The average Bonchev–Trinajstić information content (AvgIpc) is 2.28. The van der Waals surface area contributed by atoms with Gasteiger partial charge in [-0.3, -0.25) is 4.68 Å². The maximum absolute atomic E-state index is 10.6. The highest BCUT2D eigenvalue weighted by Gasteiger charge is 2.15. The molecule has 1 aromatic heterocycles. The third kappa shape index (κ3) is 1.39. The summed E-state index contributed by atoms with van der Waals surface area (Å²) in [6.07, 6.45) is 0. The van der Waals surface area contributed by atoms with Crippen molar-refractivity contribution in [3.05, 3.63) is 11.8 Å². The number of nitrogens with zero attached hydrogens (tertiary/aromatic N) is 2. The number of aromatic nitrogens is 2. The van der Waals surface area contributed by atoms with Gasteiger partial charge in [0, 0.05) is 11.8 Å². The van der Waals surface area contributed by atoms with Crippen LogP contribution in [0, 0.1) is 6.92 Å². The predicted molar refractivity (Wildman–Crippen MR) is 43.7 cm³/mol. The first kappa shape index (κ1) is 8.58. The number of aliphatic carboxylic acids is 1. The molecule has 1 atom stereocenters. The molecule has 0 radical (unpaired) electrons. The molecule has 5 heteroatoms. The van der Waals surface area contributed by atoms with Crippen LogP contribution in [-0.2, 0) is 4.79 Å². The van der Waals surface area contributed by atoms with Crippen LogP contribution in [0.1, 0.15) is 18.7 Å². The van der Waals surface area contributed by atoms with E-state index in [2.05, 4.69) is 5.10 Å². The van der Waals surface area contributed by atoms with Crippen LogP contribution < -0.4 is 5.73 Å². The van der Waals surface area contributed by atoms with E-state index in [1.54, 1.807) is 19.9 Å². The molecule has 5 nitrogen and oxygen atoms in total. The molecule has 0 spiro atoms. The van der Waals surface area contributed by atoms with Gasteiger partial charge in [0.25, 0.3) is 0 Å². The second kappa shape index (κ2) is 2.84. The number of nitrogens with two attached hydrogens (primary N) is 1. The molecule has 12 heavy (non-hydrogen) atoms. The minimum absolute atomic E-state index is 0.348. The maximum Gasteiger partial charge on any atom is 0.328 e. The van der Waals surface area contributed by atoms with Crippen molar-refractivity contribution in [2.45, 2.75) is 19.9 Å². The summed E-state index contributed by atoms with van der Waals surface area (Å²) in [6.45, 7) is 3.32. The zero-order valence-electron chi connectivity index (χ0n) is 6.98. The van der Waals surface area contributed by atoms with E-state index in [0.717, 1.165) is 5.69 Å². The monoisotopic (exact) mass is 169 g/mol. The molecule has 0 saturated heterocycles. The molecule has 0 aromatic carbocycles. The van der Waals surface area contributed by atoms with Gasteiger partial charge in [-0.15, -0.1) is 0 Å². The van der Waals surface area contributed by atoms with Crippen LogP contribution >= 0.6 is 0 Å². The standard InChI is InChI=1S/C7H11N3O2/c1-4-3-6(8)9-10(4)5(2)7(11)12/h3,5H,1-2H3,(H2,8,9)(H,11,12)/t5-/m1/s1. The first-order valence-electron chi connectivity index (χ1n) is 3.57. The van der Waals surface area contributed by atoms with E-state index in [4.69, 9.17) is 10.8 Å². The van der Waals surface area contributed by atoms with Crippen LogP contribution in [0.15, 0.2) is 6.07 Å². The lowest BCUT2D eigenvalue weighted by Gasteiger charge is -2.07. The zero-order chi connectivity index (χ0) is 9.30. The summed E-state index contributed by atoms with van der Waals surface area (Å²) in [7, 11) is 0. The number of hydrogen-bond acceptors (Lipinski definition) is 3. The summed E-state index contributed by atoms with van der Waals surface area (Å²) >= 11 is 0. The number of carboxylic acids is 1. The first-order valence-corrected chi connectivity index (χ1v) is 3.57. The number of aryl methyl sites for hydroxylation is 1. The Morgan fingerprint density at radius 3 is 2.75 bits per heavy atom. The average molecular weight is 169 g/mol. The summed E-state index contributed by atoms with van der Waals surface area (Å²) in [5.74, 6) is -0.568. The van der Waals surface area contributed by atoms with Crippen molar-refractivity contribution in [3.63, 3.8) is 0 Å². The van der Waals surface area contributed by atoms with E-state index in [1.807, 2.05) is 0 Å². The molecule has 66 valence electrons. The predicted octanol–water partition coefficient (Wildman–Crippen LogP) is 0.419. The van der Waals surface area contributed by atoms with Gasteiger partial charge >= 0.3 is 5.97 Å². The summed E-state index contributed by atoms with van der Waals surface area (Å²) in [5.41, 5.74) is 6.14. The van der Waals surface area contributed by atoms with Crippen molar-refractivity contribution in [1.29, 1.82) is 0 Å². The molecule has 0 aliphatic carbocycles. The molecule has 0 saturated carbocycles. The van der Waals surface area contributed by atoms with Crippen LogP contribution in [0.2, 0.25) is 0 Å². The number of nitrogen functional groups attached to an aromatic ring is 1. The molecule has 0 aliphatic heterocycles. The summed E-state index contributed by atoms with van der Waals surface area (Å²) in [6, 6.07) is 0.974. The summed E-state index contributed by atoms with van der Waals surface area (Å²) in [4.78, 5) is 10.6. The molecule has 1 heterocycles. The molecule has 3 N–H and O–H groups in total. The van der Waals surface area contributed by atoms with Crippen LogP contribution in [0.5, 0.6) is 0 Å². The van der Waals surface area contributed by atoms with Gasteiger partial charge in [0.05, 0.1) is 0 Å². The maximum atomic E-state index is 10.6. The van der Waals surface area contributed by atoms with E-state index < -0.39 is 12.0 Å². The van der Waals surface area contributed by atoms with Crippen LogP contribution in [0.25, 0.3) is 0 Å². The van der Waals surface area contributed by atoms with Crippen molar-refractivity contribution < 1.29 is 9.90 Å². The fraction of sp³-hybridized carbons (Fsp3) is 0.429. The van der Waals surface area contributed by atoms with Crippen molar-refractivity contribution in [2.24, 2.45) is 0 Å². The minimum atomic E-state index is -0.916. The Hall–Kier alpha value is -1.52. The van der Waals surface area contributed by atoms with Gasteiger partial charge in [-0.25, -0.2) is 4.79 Å². The summed E-state index contributed by atoms with van der Waals surface area (Å²) < 4.78 is 1.39. The molecule has 1 aromatic rings. The molecule has 0 unspecified atom stereocenters. The van der Waals surface area contributed by atoms with Crippen LogP contribution in [0.4, 0.5) is 5.82 Å². The van der Waals surface area contributed by atoms with Gasteiger partial charge in [0.1, 0.15) is 11.9 Å². The first-order chi connectivity index (χ1) is 5.52. The highest BCUT2D eigenvalue weighted by molar-refractivity contribution is 5.71. The van der Waals surface area contributed by atoms with Gasteiger partial charge < -0.3 is 10.8 Å². The van der Waals surface area contributed by atoms with Crippen molar-refractivity contribution in [2.75, 3.05) is 5.73 Å². The van der Waals surface area contributed by atoms with E-state index in [9.17, 15) is 4.79 Å². The Balaban J connectivity index is 3.02. The minimum Gasteiger partial charge on any atom is -0.480 e. The van der Waals surface area contributed by atoms with Crippen molar-refractivity contribution in [1.82, 2.24) is 9.78 Å². The molecule has 0 bridgehead atoms. The van der Waals surface area contributed by atoms with Gasteiger partial charge in [-0.2, -0.15) is 5.10 Å². The fourth-order valence-corrected chi connectivity index (χ4v) is 1.01. The third-order valence-electron chi connectivity index (χ3n) is 1.67. The lowest BCUT2D eigenvalue weighted by Crippen LogP contribution is -2.17. The number of anilines is 1. The van der Waals surface area contributed by atoms with E-state index in [1.165, 1.54) is 4.68 Å². The topological polar surface area (TPSA) is 81.1 Å². The van der Waals surface area contributed by atoms with Crippen molar-refractivity contribution >= 4 is 11.8 Å². The van der Waals surface area contributed by atoms with Gasteiger partial charge in [-0.1, -0.05) is 0 Å². The lowest BCUT2D eigenvalue weighted by molar-refractivity contribution is -0.140. The SMILES string of the molecule is Cc1cc(N)nn1[C@H](C)C(=O)O. The smallest absolute Gasteiger partial charge is 0.328 e. The van der Waals surface area contributed by atoms with Crippen LogP contribution in [-0.4, -0.2) is 20.9 Å². The van der Waals surface area contributed by atoms with E-state index >= 15 is 0 Å². The van der Waals surface area contributed by atoms with Gasteiger partial charge in [-0.05, 0) is 13.8 Å². The Morgan fingerprint density at radius 1 is 1.83 bits per heavy atom. The van der Waals surface area contributed by atoms with Crippen molar-refractivity contribution in [3.8, 4) is 0 Å². The Kier molecular flexibility index (Phi) is 2.03. The largest absolute Gasteiger partial charge is 0.480 e. The fourth-order valence-electron chi connectivity index (χ4n) is 1.01. The van der Waals surface area contributed by atoms with Gasteiger partial charge in [0.2, 0.25) is 0 Å². The lowest BCUT2D eigenvalue weighted by atomic mass is 10.3. The second-order valence-corrected chi connectivity index (χ2v) is 2.67. The Morgan fingerprint density at radius 2 is 2.42 bits per heavy atom. The Bertz CT molecular complexity index is 306. The number of carbonyl (C=O) groups is 1. The van der Waals surface area contributed by atoms with Crippen LogP contribution in [0.3, 0.4) is 0 Å². The molecule has 0 fully saturated rings. The zero-order valence-corrected chi connectivity index (χ0v) is 6.98. The number of hydrogen-bond donors (Lipinski definition) is 2. The second-order valence-electron chi connectivity index (χ2n) is 2.67. The number of carboxylic acid groups (broad SMARTS) is 1. The molecular weight excluding hydrogens is 158 g/mol. The molecule has 0 amide bonds. The quantitative estimate of drug-likeness (QED) is 0.672. The molecule has 1 rings (SSSR count). The summed E-state index contributed by atoms with van der Waals surface area (Å²) in [5, 5.41) is 12.5. The highest BCUT2D eigenvalue weighted by atomic mass is 16.4. The van der Waals surface area contributed by atoms with Gasteiger partial charge in [0.15, 0.2) is 0 Å². The normalized spacial score (nSPS) is 12.8. The Labute approximate surface area is 69.8 Å². The highest BCUT2D eigenvalue weighted by Crippen LogP contribution is 2.11.